The number of nitrogens with zero attached hydrogens (tertiary/aromatic N) is 1. The Bertz CT molecular complexity index is 306. The van der Waals surface area contributed by atoms with E-state index < -0.39 is 0 Å². The van der Waals surface area contributed by atoms with Crippen molar-refractivity contribution in [2.75, 3.05) is 21.1 Å². The number of rotatable bonds is 12. The van der Waals surface area contributed by atoms with E-state index in [9.17, 15) is 4.79 Å². The lowest BCUT2D eigenvalue weighted by molar-refractivity contribution is -0.928. The highest BCUT2D eigenvalue weighted by Crippen LogP contribution is 2.40. The molecule has 0 bridgehead atoms. The highest BCUT2D eigenvalue weighted by molar-refractivity contribution is 5.77. The second-order valence-corrected chi connectivity index (χ2v) is 7.41. The first-order valence-electron chi connectivity index (χ1n) is 9.53. The smallest absolute Gasteiger partial charge is 0.300 e. The fraction of sp³-hybridized carbons (Fsp3) is 0.947. The zero-order valence-corrected chi connectivity index (χ0v) is 16.5. The number of unbranched alkanes of at least 4 members (excludes halogenated alkanes) is 6. The van der Waals surface area contributed by atoms with Crippen LogP contribution in [-0.4, -0.2) is 37.3 Å². The molecule has 0 atom stereocenters. The maximum atomic E-state index is 10.8. The Kier molecular flexibility index (Phi) is 11.8. The fourth-order valence-electron chi connectivity index (χ4n) is 2.39. The molecule has 4 heteroatoms. The van der Waals surface area contributed by atoms with E-state index in [-0.39, 0.29) is 5.91 Å². The Hall–Kier alpha value is -0.450. The molecule has 1 rings (SSSR count). The van der Waals surface area contributed by atoms with Gasteiger partial charge in [-0.25, -0.2) is 0 Å². The Balaban J connectivity index is 0.000000438. The fourth-order valence-corrected chi connectivity index (χ4v) is 2.39. The van der Waals surface area contributed by atoms with Gasteiger partial charge in [0.1, 0.15) is 5.78 Å². The number of Topliss-reactive ketones (excluding diaryl/α,β-unsaturated/α-hetero) is 1. The van der Waals surface area contributed by atoms with Crippen molar-refractivity contribution in [2.45, 2.75) is 97.3 Å². The second kappa shape index (κ2) is 12.0. The summed E-state index contributed by atoms with van der Waals surface area (Å²) >= 11 is 0. The summed E-state index contributed by atoms with van der Waals surface area (Å²) in [5.41, 5.74) is 0. The van der Waals surface area contributed by atoms with E-state index in [1.165, 1.54) is 44.9 Å². The molecule has 4 nitrogen and oxygen atoms in total. The zero-order chi connectivity index (χ0) is 17.8. The molecule has 138 valence electrons. The van der Waals surface area contributed by atoms with Crippen LogP contribution in [0.4, 0.5) is 0 Å². The molecule has 1 heterocycles. The predicted molar refractivity (Wildman–Crippen MR) is 95.7 cm³/mol. The van der Waals surface area contributed by atoms with E-state index in [2.05, 4.69) is 35.0 Å². The van der Waals surface area contributed by atoms with Crippen LogP contribution in [-0.2, 0) is 14.6 Å². The molecule has 0 aromatic rings. The molecule has 0 aliphatic carbocycles. The van der Waals surface area contributed by atoms with E-state index in [0.717, 1.165) is 23.7 Å². The molecule has 0 saturated carbocycles. The minimum Gasteiger partial charge on any atom is -0.300 e. The van der Waals surface area contributed by atoms with E-state index in [1.54, 1.807) is 0 Å². The van der Waals surface area contributed by atoms with Crippen LogP contribution in [0, 0.1) is 0 Å². The van der Waals surface area contributed by atoms with Gasteiger partial charge in [-0.15, -0.1) is 9.78 Å². The molecule has 1 aliphatic rings. The summed E-state index contributed by atoms with van der Waals surface area (Å²) in [5.74, 6) is 0.0874. The molecule has 0 N–H and O–H groups in total. The largest absolute Gasteiger partial charge is 0.373 e. The van der Waals surface area contributed by atoms with Crippen molar-refractivity contribution < 1.29 is 19.1 Å². The first-order valence-corrected chi connectivity index (χ1v) is 9.53. The van der Waals surface area contributed by atoms with E-state index in [1.807, 2.05) is 6.92 Å². The van der Waals surface area contributed by atoms with Crippen molar-refractivity contribution in [1.29, 1.82) is 0 Å². The Morgan fingerprint density at radius 3 is 1.74 bits per heavy atom. The average Bonchev–Trinajstić information content (AvgIpc) is 3.29. The number of hydrogen-bond acceptors (Lipinski definition) is 3. The van der Waals surface area contributed by atoms with Crippen LogP contribution < -0.4 is 0 Å². The van der Waals surface area contributed by atoms with Crippen LogP contribution >= 0.6 is 0 Å². The van der Waals surface area contributed by atoms with Gasteiger partial charge in [0, 0.05) is 12.8 Å². The minimum absolute atomic E-state index is 0.326. The van der Waals surface area contributed by atoms with Crippen LogP contribution in [0.25, 0.3) is 0 Å². The predicted octanol–water partition coefficient (Wildman–Crippen LogP) is 5.21. The first kappa shape index (κ1) is 22.6. The molecule has 0 spiro atoms. The first-order chi connectivity index (χ1) is 10.8. The zero-order valence-electron chi connectivity index (χ0n) is 16.5. The van der Waals surface area contributed by atoms with Crippen LogP contribution in [0.5, 0.6) is 0 Å². The van der Waals surface area contributed by atoms with Gasteiger partial charge >= 0.3 is 5.91 Å². The normalized spacial score (nSPS) is 15.7. The van der Waals surface area contributed by atoms with Gasteiger partial charge in [0.2, 0.25) is 0 Å². The van der Waals surface area contributed by atoms with Crippen LogP contribution in [0.3, 0.4) is 0 Å². The monoisotopic (exact) mass is 330 g/mol. The lowest BCUT2D eigenvalue weighted by Crippen LogP contribution is -2.48. The summed E-state index contributed by atoms with van der Waals surface area (Å²) in [5, 5.41) is 0. The standard InChI is InChI=1S/C10H22NO2.C9H18O/c1-5-6-7-8-9-10(12-13-10)11(2,3)4;1-3-5-6-7-8-9(10)4-2/h5-9H2,1-4H3;3-8H2,1-2H3/q+1;. The average molecular weight is 331 g/mol. The van der Waals surface area contributed by atoms with Crippen molar-refractivity contribution in [3.63, 3.8) is 0 Å². The lowest BCUT2D eigenvalue weighted by Gasteiger charge is -2.26. The highest BCUT2D eigenvalue weighted by atomic mass is 17.4. The van der Waals surface area contributed by atoms with Crippen LogP contribution in [0.1, 0.15) is 91.4 Å². The molecule has 0 aromatic heterocycles. The molecule has 0 unspecified atom stereocenters. The molecule has 1 fully saturated rings. The molecular weight excluding hydrogens is 290 g/mol. The maximum Gasteiger partial charge on any atom is 0.373 e. The highest BCUT2D eigenvalue weighted by Gasteiger charge is 2.60. The van der Waals surface area contributed by atoms with Crippen LogP contribution in [0.15, 0.2) is 0 Å². The van der Waals surface area contributed by atoms with Crippen molar-refractivity contribution in [3.8, 4) is 0 Å². The van der Waals surface area contributed by atoms with Gasteiger partial charge in [-0.05, 0) is 12.8 Å². The van der Waals surface area contributed by atoms with Gasteiger partial charge in [-0.1, -0.05) is 59.3 Å². The second-order valence-electron chi connectivity index (χ2n) is 7.41. The maximum absolute atomic E-state index is 10.8. The number of carbonyl (C=O) groups is 1. The molecule has 0 radical (unpaired) electrons. The molecule has 1 aliphatic heterocycles. The van der Waals surface area contributed by atoms with E-state index in [4.69, 9.17) is 9.78 Å². The number of ketones is 1. The van der Waals surface area contributed by atoms with Gasteiger partial charge in [-0.3, -0.25) is 9.28 Å². The number of carbonyl (C=O) groups excluding carboxylic acids is 1. The molecular formula is C19H40NO3+. The summed E-state index contributed by atoms with van der Waals surface area (Å²) in [6, 6.07) is 0. The van der Waals surface area contributed by atoms with Crippen molar-refractivity contribution in [1.82, 2.24) is 0 Å². The van der Waals surface area contributed by atoms with Crippen LogP contribution in [0.2, 0.25) is 0 Å². The van der Waals surface area contributed by atoms with Crippen molar-refractivity contribution in [2.24, 2.45) is 0 Å². The Labute approximate surface area is 144 Å². The van der Waals surface area contributed by atoms with Gasteiger partial charge in [0.25, 0.3) is 0 Å². The van der Waals surface area contributed by atoms with Gasteiger partial charge in [-0.2, -0.15) is 0 Å². The summed E-state index contributed by atoms with van der Waals surface area (Å²) in [6.07, 6.45) is 12.4. The van der Waals surface area contributed by atoms with Gasteiger partial charge < -0.3 is 0 Å². The summed E-state index contributed by atoms with van der Waals surface area (Å²) < 4.78 is 0.735. The Morgan fingerprint density at radius 2 is 1.35 bits per heavy atom. The molecule has 23 heavy (non-hydrogen) atoms. The summed E-state index contributed by atoms with van der Waals surface area (Å²) in [4.78, 5) is 21.0. The topological polar surface area (TPSA) is 42.1 Å². The molecule has 0 amide bonds. The summed E-state index contributed by atoms with van der Waals surface area (Å²) in [6.45, 7) is 6.34. The molecule has 1 saturated heterocycles. The van der Waals surface area contributed by atoms with Gasteiger partial charge in [0.05, 0.1) is 27.6 Å². The summed E-state index contributed by atoms with van der Waals surface area (Å²) in [7, 11) is 6.31. The quantitative estimate of drug-likeness (QED) is 0.213. The SMILES string of the molecule is CCCCCCC(=O)CC.CCCCCCC1([N+](C)(C)C)OO1. The third-order valence-electron chi connectivity index (χ3n) is 4.35. The Morgan fingerprint density at radius 1 is 0.826 bits per heavy atom. The van der Waals surface area contributed by atoms with Gasteiger partial charge in [0.15, 0.2) is 0 Å². The third-order valence-corrected chi connectivity index (χ3v) is 4.35. The lowest BCUT2D eigenvalue weighted by atomic mass is 10.1. The van der Waals surface area contributed by atoms with Crippen molar-refractivity contribution >= 4 is 5.78 Å². The van der Waals surface area contributed by atoms with E-state index in [0.29, 0.717) is 12.2 Å². The number of quaternary nitrogens is 1. The van der Waals surface area contributed by atoms with E-state index >= 15 is 0 Å². The number of hydrogen-bond donors (Lipinski definition) is 0. The molecule has 0 aromatic carbocycles. The third kappa shape index (κ3) is 10.1. The minimum atomic E-state index is -0.326. The van der Waals surface area contributed by atoms with Crippen molar-refractivity contribution in [3.05, 3.63) is 0 Å².